The monoisotopic (exact) mass is 317 g/mol. The van der Waals surface area contributed by atoms with Gasteiger partial charge < -0.3 is 25.1 Å². The average molecular weight is 317 g/mol. The molecule has 1 atom stereocenters. The van der Waals surface area contributed by atoms with Gasteiger partial charge in [-0.05, 0) is 23.3 Å². The number of ether oxygens (including phenoxy) is 3. The number of aliphatic hydroxyl groups excluding tert-OH is 1. The first-order chi connectivity index (χ1) is 11.2. The Morgan fingerprint density at radius 3 is 2.52 bits per heavy atom. The number of hydrogen-bond donors (Lipinski definition) is 2. The maximum atomic E-state index is 9.81. The number of rotatable bonds is 9. The Morgan fingerprint density at radius 2 is 1.83 bits per heavy atom. The second-order valence-corrected chi connectivity index (χ2v) is 5.05. The molecule has 0 saturated carbocycles. The van der Waals surface area contributed by atoms with Gasteiger partial charge in [0.25, 0.3) is 0 Å². The summed E-state index contributed by atoms with van der Waals surface area (Å²) >= 11 is 0. The lowest BCUT2D eigenvalue weighted by Crippen LogP contribution is -2.12. The molecular formula is C18H23NO4. The molecule has 0 saturated heterocycles. The maximum Gasteiger partial charge on any atom is 0.161 e. The van der Waals surface area contributed by atoms with Crippen LogP contribution in [-0.2, 0) is 11.3 Å². The standard InChI is InChI=1S/C18H23NO4/c1-21-17-8-7-15(16(20)12-19)11-18(17)23-10-9-22-13-14-5-3-2-4-6-14/h2-8,11,16,20H,9-10,12-13,19H2,1H3. The molecule has 0 aliphatic heterocycles. The van der Waals surface area contributed by atoms with Crippen molar-refractivity contribution in [2.45, 2.75) is 12.7 Å². The first-order valence-electron chi connectivity index (χ1n) is 7.55. The fourth-order valence-corrected chi connectivity index (χ4v) is 2.12. The zero-order valence-corrected chi connectivity index (χ0v) is 13.3. The van der Waals surface area contributed by atoms with Crippen molar-refractivity contribution in [3.05, 3.63) is 59.7 Å². The highest BCUT2D eigenvalue weighted by Gasteiger charge is 2.10. The minimum atomic E-state index is -0.711. The summed E-state index contributed by atoms with van der Waals surface area (Å²) in [7, 11) is 1.58. The summed E-state index contributed by atoms with van der Waals surface area (Å²) in [5, 5.41) is 9.81. The summed E-state index contributed by atoms with van der Waals surface area (Å²) in [4.78, 5) is 0. The number of benzene rings is 2. The molecular weight excluding hydrogens is 294 g/mol. The summed E-state index contributed by atoms with van der Waals surface area (Å²) in [5.74, 6) is 1.18. The van der Waals surface area contributed by atoms with E-state index < -0.39 is 6.10 Å². The molecule has 0 fully saturated rings. The maximum absolute atomic E-state index is 9.81. The lowest BCUT2D eigenvalue weighted by Gasteiger charge is -2.14. The third-order valence-electron chi connectivity index (χ3n) is 3.39. The van der Waals surface area contributed by atoms with Gasteiger partial charge in [0.15, 0.2) is 11.5 Å². The summed E-state index contributed by atoms with van der Waals surface area (Å²) in [6, 6.07) is 15.2. The zero-order valence-electron chi connectivity index (χ0n) is 13.3. The Kier molecular flexibility index (Phi) is 6.87. The van der Waals surface area contributed by atoms with Crippen LogP contribution in [0.25, 0.3) is 0 Å². The smallest absolute Gasteiger partial charge is 0.161 e. The van der Waals surface area contributed by atoms with Crippen molar-refractivity contribution in [2.24, 2.45) is 5.73 Å². The Balaban J connectivity index is 1.84. The van der Waals surface area contributed by atoms with Gasteiger partial charge >= 0.3 is 0 Å². The fourth-order valence-electron chi connectivity index (χ4n) is 2.12. The molecule has 1 unspecified atom stereocenters. The molecule has 5 heteroatoms. The van der Waals surface area contributed by atoms with Crippen molar-refractivity contribution in [3.8, 4) is 11.5 Å². The van der Waals surface area contributed by atoms with Crippen molar-refractivity contribution in [2.75, 3.05) is 26.9 Å². The van der Waals surface area contributed by atoms with Gasteiger partial charge in [-0.15, -0.1) is 0 Å². The van der Waals surface area contributed by atoms with Gasteiger partial charge in [-0.2, -0.15) is 0 Å². The van der Waals surface area contributed by atoms with E-state index in [9.17, 15) is 5.11 Å². The van der Waals surface area contributed by atoms with E-state index in [1.165, 1.54) is 0 Å². The van der Waals surface area contributed by atoms with E-state index in [4.69, 9.17) is 19.9 Å². The molecule has 5 nitrogen and oxygen atoms in total. The molecule has 0 spiro atoms. The number of aliphatic hydroxyl groups is 1. The highest BCUT2D eigenvalue weighted by Crippen LogP contribution is 2.30. The summed E-state index contributed by atoms with van der Waals surface area (Å²) in [5.41, 5.74) is 7.30. The first kappa shape index (κ1) is 17.3. The molecule has 0 aromatic heterocycles. The van der Waals surface area contributed by atoms with E-state index >= 15 is 0 Å². The van der Waals surface area contributed by atoms with Crippen molar-refractivity contribution < 1.29 is 19.3 Å². The molecule has 0 amide bonds. The largest absolute Gasteiger partial charge is 0.493 e. The molecule has 0 aliphatic rings. The molecule has 0 bridgehead atoms. The van der Waals surface area contributed by atoms with E-state index in [0.717, 1.165) is 5.56 Å². The van der Waals surface area contributed by atoms with Crippen LogP contribution in [0.5, 0.6) is 11.5 Å². The summed E-state index contributed by atoms with van der Waals surface area (Å²) in [6.07, 6.45) is -0.711. The quantitative estimate of drug-likeness (QED) is 0.694. The van der Waals surface area contributed by atoms with Gasteiger partial charge in [-0.3, -0.25) is 0 Å². The van der Waals surface area contributed by atoms with Gasteiger partial charge in [0.2, 0.25) is 0 Å². The molecule has 2 rings (SSSR count). The van der Waals surface area contributed by atoms with Crippen LogP contribution in [0.15, 0.2) is 48.5 Å². The molecule has 0 radical (unpaired) electrons. The number of hydrogen-bond acceptors (Lipinski definition) is 5. The highest BCUT2D eigenvalue weighted by atomic mass is 16.5. The van der Waals surface area contributed by atoms with Gasteiger partial charge in [0.05, 0.1) is 26.4 Å². The van der Waals surface area contributed by atoms with E-state index in [1.54, 1.807) is 25.3 Å². The van der Waals surface area contributed by atoms with Crippen LogP contribution in [0.3, 0.4) is 0 Å². The van der Waals surface area contributed by atoms with E-state index in [0.29, 0.717) is 36.9 Å². The minimum absolute atomic E-state index is 0.159. The number of nitrogens with two attached hydrogens (primary N) is 1. The van der Waals surface area contributed by atoms with Crippen LogP contribution in [0.4, 0.5) is 0 Å². The van der Waals surface area contributed by atoms with Crippen LogP contribution in [-0.4, -0.2) is 32.0 Å². The minimum Gasteiger partial charge on any atom is -0.493 e. The third-order valence-corrected chi connectivity index (χ3v) is 3.39. The molecule has 3 N–H and O–H groups in total. The summed E-state index contributed by atoms with van der Waals surface area (Å²) in [6.45, 7) is 1.56. The molecule has 0 aliphatic carbocycles. The molecule has 23 heavy (non-hydrogen) atoms. The van der Waals surface area contributed by atoms with Crippen LogP contribution < -0.4 is 15.2 Å². The fraction of sp³-hybridized carbons (Fsp3) is 0.333. The van der Waals surface area contributed by atoms with Crippen LogP contribution in [0, 0.1) is 0 Å². The predicted octanol–water partition coefficient (Wildman–Crippen LogP) is 2.28. The van der Waals surface area contributed by atoms with E-state index in [1.807, 2.05) is 30.3 Å². The first-order valence-corrected chi connectivity index (χ1v) is 7.55. The van der Waals surface area contributed by atoms with E-state index in [2.05, 4.69) is 0 Å². The lowest BCUT2D eigenvalue weighted by molar-refractivity contribution is 0.0878. The normalized spacial score (nSPS) is 12.0. The number of methoxy groups -OCH3 is 1. The van der Waals surface area contributed by atoms with Crippen molar-refractivity contribution in [3.63, 3.8) is 0 Å². The second-order valence-electron chi connectivity index (χ2n) is 5.05. The molecule has 2 aromatic carbocycles. The van der Waals surface area contributed by atoms with Crippen molar-refractivity contribution in [1.82, 2.24) is 0 Å². The highest BCUT2D eigenvalue weighted by molar-refractivity contribution is 5.43. The van der Waals surface area contributed by atoms with Crippen molar-refractivity contribution in [1.29, 1.82) is 0 Å². The van der Waals surface area contributed by atoms with Crippen LogP contribution in [0.2, 0.25) is 0 Å². The molecule has 0 heterocycles. The Morgan fingerprint density at radius 1 is 1.04 bits per heavy atom. The topological polar surface area (TPSA) is 73.9 Å². The average Bonchev–Trinajstić information content (AvgIpc) is 2.61. The van der Waals surface area contributed by atoms with Crippen LogP contribution >= 0.6 is 0 Å². The van der Waals surface area contributed by atoms with Gasteiger partial charge in [0.1, 0.15) is 6.61 Å². The van der Waals surface area contributed by atoms with Crippen molar-refractivity contribution >= 4 is 0 Å². The Labute approximate surface area is 136 Å². The van der Waals surface area contributed by atoms with Crippen LogP contribution in [0.1, 0.15) is 17.2 Å². The predicted molar refractivity (Wildman–Crippen MR) is 88.6 cm³/mol. The van der Waals surface area contributed by atoms with Gasteiger partial charge in [-0.1, -0.05) is 36.4 Å². The van der Waals surface area contributed by atoms with Gasteiger partial charge in [0, 0.05) is 6.54 Å². The Bertz CT molecular complexity index is 589. The third kappa shape index (κ3) is 5.25. The SMILES string of the molecule is COc1ccc(C(O)CN)cc1OCCOCc1ccccc1. The molecule has 2 aromatic rings. The Hall–Kier alpha value is -2.08. The molecule has 124 valence electrons. The van der Waals surface area contributed by atoms with E-state index in [-0.39, 0.29) is 6.54 Å². The summed E-state index contributed by atoms with van der Waals surface area (Å²) < 4.78 is 16.5. The lowest BCUT2D eigenvalue weighted by atomic mass is 10.1. The van der Waals surface area contributed by atoms with Gasteiger partial charge in [-0.25, -0.2) is 0 Å². The zero-order chi connectivity index (χ0) is 16.5. The second kappa shape index (κ2) is 9.15.